The fourth-order valence-electron chi connectivity index (χ4n) is 3.01. The van der Waals surface area contributed by atoms with Crippen molar-refractivity contribution in [3.63, 3.8) is 0 Å². The zero-order valence-electron chi connectivity index (χ0n) is 14.9. The summed E-state index contributed by atoms with van der Waals surface area (Å²) in [6.45, 7) is 3.45. The molecule has 0 radical (unpaired) electrons. The molecule has 0 bridgehead atoms. The number of benzene rings is 2. The van der Waals surface area contributed by atoms with Crippen LogP contribution in [-0.2, 0) is 9.53 Å². The first-order valence-electron chi connectivity index (χ1n) is 8.85. The number of nitrogens with one attached hydrogen (secondary N) is 1. The van der Waals surface area contributed by atoms with Crippen LogP contribution in [0.2, 0.25) is 10.0 Å². The SMILES string of the molecule is O=C(COc1cc(Cl)ccc1Cl)NC[C@H](c1ccccc1)N1CCOCC1. The van der Waals surface area contributed by atoms with Gasteiger partial charge in [-0.05, 0) is 17.7 Å². The summed E-state index contributed by atoms with van der Waals surface area (Å²) in [5, 5.41) is 3.89. The van der Waals surface area contributed by atoms with Crippen LogP contribution in [0.1, 0.15) is 11.6 Å². The predicted octanol–water partition coefficient (Wildman–Crippen LogP) is 3.56. The summed E-state index contributed by atoms with van der Waals surface area (Å²) in [5.74, 6) is 0.187. The Morgan fingerprint density at radius 2 is 1.89 bits per heavy atom. The molecule has 0 spiro atoms. The summed E-state index contributed by atoms with van der Waals surface area (Å²) in [7, 11) is 0. The fraction of sp³-hybridized carbons (Fsp3) is 0.350. The van der Waals surface area contributed by atoms with Gasteiger partial charge in [0.15, 0.2) is 6.61 Å². The van der Waals surface area contributed by atoms with Gasteiger partial charge < -0.3 is 14.8 Å². The average Bonchev–Trinajstić information content (AvgIpc) is 2.70. The van der Waals surface area contributed by atoms with Crippen LogP contribution in [0.5, 0.6) is 5.75 Å². The highest BCUT2D eigenvalue weighted by Crippen LogP contribution is 2.27. The fourth-order valence-corrected chi connectivity index (χ4v) is 3.35. The summed E-state index contributed by atoms with van der Waals surface area (Å²) < 4.78 is 10.9. The smallest absolute Gasteiger partial charge is 0.258 e. The Morgan fingerprint density at radius 1 is 1.15 bits per heavy atom. The maximum absolute atomic E-state index is 12.3. The van der Waals surface area contributed by atoms with Gasteiger partial charge in [0.2, 0.25) is 0 Å². The van der Waals surface area contributed by atoms with E-state index >= 15 is 0 Å². The molecule has 1 saturated heterocycles. The van der Waals surface area contributed by atoms with Crippen LogP contribution in [0, 0.1) is 0 Å². The molecule has 1 N–H and O–H groups in total. The van der Waals surface area contributed by atoms with E-state index in [1.165, 1.54) is 5.56 Å². The van der Waals surface area contributed by atoms with Crippen molar-refractivity contribution in [2.45, 2.75) is 6.04 Å². The highest BCUT2D eigenvalue weighted by Gasteiger charge is 2.23. The maximum atomic E-state index is 12.3. The van der Waals surface area contributed by atoms with Gasteiger partial charge in [-0.25, -0.2) is 0 Å². The third-order valence-corrected chi connectivity index (χ3v) is 4.96. The van der Waals surface area contributed by atoms with E-state index in [9.17, 15) is 4.79 Å². The van der Waals surface area contributed by atoms with Gasteiger partial charge in [-0.15, -0.1) is 0 Å². The second-order valence-corrected chi connectivity index (χ2v) is 7.09. The molecular weight excluding hydrogens is 387 g/mol. The largest absolute Gasteiger partial charge is 0.482 e. The van der Waals surface area contributed by atoms with Gasteiger partial charge in [-0.1, -0.05) is 53.5 Å². The molecule has 144 valence electrons. The summed E-state index contributed by atoms with van der Waals surface area (Å²) >= 11 is 12.0. The Balaban J connectivity index is 1.57. The van der Waals surface area contributed by atoms with E-state index < -0.39 is 0 Å². The van der Waals surface area contributed by atoms with Crippen LogP contribution in [0.4, 0.5) is 0 Å². The Labute approximate surface area is 169 Å². The Morgan fingerprint density at radius 3 is 2.63 bits per heavy atom. The molecule has 0 aromatic heterocycles. The normalized spacial score (nSPS) is 15.9. The molecule has 1 fully saturated rings. The van der Waals surface area contributed by atoms with E-state index in [-0.39, 0.29) is 18.6 Å². The Bertz CT molecular complexity index is 752. The highest BCUT2D eigenvalue weighted by molar-refractivity contribution is 6.34. The molecule has 1 heterocycles. The first-order chi connectivity index (χ1) is 13.1. The van der Waals surface area contributed by atoms with Crippen molar-refractivity contribution in [3.8, 4) is 5.75 Å². The molecular formula is C20H22Cl2N2O3. The van der Waals surface area contributed by atoms with Crippen LogP contribution in [-0.4, -0.2) is 50.3 Å². The second kappa shape index (κ2) is 9.95. The van der Waals surface area contributed by atoms with E-state index in [0.717, 1.165) is 13.1 Å². The first kappa shape index (κ1) is 20.0. The molecule has 1 aliphatic rings. The highest BCUT2D eigenvalue weighted by atomic mass is 35.5. The predicted molar refractivity (Wildman–Crippen MR) is 107 cm³/mol. The lowest BCUT2D eigenvalue weighted by Gasteiger charge is -2.34. The molecule has 0 aliphatic carbocycles. The van der Waals surface area contributed by atoms with E-state index in [4.69, 9.17) is 32.7 Å². The first-order valence-corrected chi connectivity index (χ1v) is 9.60. The molecule has 3 rings (SSSR count). The number of hydrogen-bond donors (Lipinski definition) is 1. The summed E-state index contributed by atoms with van der Waals surface area (Å²) in [6, 6.07) is 15.2. The van der Waals surface area contributed by atoms with Crippen LogP contribution >= 0.6 is 23.2 Å². The Hall–Kier alpha value is -1.79. The molecule has 2 aromatic rings. The maximum Gasteiger partial charge on any atom is 0.258 e. The van der Waals surface area contributed by atoms with E-state index in [2.05, 4.69) is 22.3 Å². The van der Waals surface area contributed by atoms with Crippen LogP contribution in [0.25, 0.3) is 0 Å². The minimum atomic E-state index is -0.208. The lowest BCUT2D eigenvalue weighted by atomic mass is 10.0. The number of morpholine rings is 1. The monoisotopic (exact) mass is 408 g/mol. The molecule has 0 unspecified atom stereocenters. The quantitative estimate of drug-likeness (QED) is 0.760. The molecule has 27 heavy (non-hydrogen) atoms. The van der Waals surface area contributed by atoms with Gasteiger partial charge in [-0.3, -0.25) is 9.69 Å². The van der Waals surface area contributed by atoms with Crippen molar-refractivity contribution in [3.05, 3.63) is 64.1 Å². The van der Waals surface area contributed by atoms with Crippen LogP contribution < -0.4 is 10.1 Å². The minimum Gasteiger partial charge on any atom is -0.482 e. The number of halogens is 2. The van der Waals surface area contributed by atoms with Crippen molar-refractivity contribution in [1.29, 1.82) is 0 Å². The molecule has 5 nitrogen and oxygen atoms in total. The summed E-state index contributed by atoms with van der Waals surface area (Å²) in [6.07, 6.45) is 0. The molecule has 2 aromatic carbocycles. The zero-order valence-corrected chi connectivity index (χ0v) is 16.4. The molecule has 7 heteroatoms. The molecule has 1 atom stereocenters. The minimum absolute atomic E-state index is 0.0915. The number of carbonyl (C=O) groups excluding carboxylic acids is 1. The number of nitrogens with zero attached hydrogens (tertiary/aromatic N) is 1. The zero-order chi connectivity index (χ0) is 19.1. The number of hydrogen-bond acceptors (Lipinski definition) is 4. The topological polar surface area (TPSA) is 50.8 Å². The Kier molecular flexibility index (Phi) is 7.35. The van der Waals surface area contributed by atoms with Gasteiger partial charge in [0.05, 0.1) is 24.3 Å². The van der Waals surface area contributed by atoms with Crippen LogP contribution in [0.3, 0.4) is 0 Å². The van der Waals surface area contributed by atoms with E-state index in [0.29, 0.717) is 35.6 Å². The summed E-state index contributed by atoms with van der Waals surface area (Å²) in [4.78, 5) is 14.6. The lowest BCUT2D eigenvalue weighted by molar-refractivity contribution is -0.123. The molecule has 1 aliphatic heterocycles. The van der Waals surface area contributed by atoms with Crippen molar-refractivity contribution >= 4 is 29.1 Å². The number of rotatable bonds is 7. The van der Waals surface area contributed by atoms with Gasteiger partial charge in [0.25, 0.3) is 5.91 Å². The van der Waals surface area contributed by atoms with Gasteiger partial charge in [-0.2, -0.15) is 0 Å². The van der Waals surface area contributed by atoms with E-state index in [1.54, 1.807) is 18.2 Å². The van der Waals surface area contributed by atoms with E-state index in [1.807, 2.05) is 18.2 Å². The third-order valence-electron chi connectivity index (χ3n) is 4.42. The van der Waals surface area contributed by atoms with Crippen LogP contribution in [0.15, 0.2) is 48.5 Å². The number of ether oxygens (including phenoxy) is 2. The van der Waals surface area contributed by atoms with Crippen molar-refractivity contribution < 1.29 is 14.3 Å². The number of carbonyl (C=O) groups is 1. The standard InChI is InChI=1S/C20H22Cl2N2O3/c21-16-6-7-17(22)19(12-16)27-14-20(25)23-13-18(15-4-2-1-3-5-15)24-8-10-26-11-9-24/h1-7,12,18H,8-11,13-14H2,(H,23,25)/t18-/m1/s1. The van der Waals surface area contributed by atoms with Crippen molar-refractivity contribution in [1.82, 2.24) is 10.2 Å². The van der Waals surface area contributed by atoms with Crippen molar-refractivity contribution in [2.24, 2.45) is 0 Å². The molecule has 0 saturated carbocycles. The van der Waals surface area contributed by atoms with Gasteiger partial charge in [0.1, 0.15) is 5.75 Å². The number of amides is 1. The average molecular weight is 409 g/mol. The third kappa shape index (κ3) is 5.84. The van der Waals surface area contributed by atoms with Gasteiger partial charge >= 0.3 is 0 Å². The molecule has 1 amide bonds. The second-order valence-electron chi connectivity index (χ2n) is 6.24. The lowest BCUT2D eigenvalue weighted by Crippen LogP contribution is -2.44. The van der Waals surface area contributed by atoms with Gasteiger partial charge in [0, 0.05) is 30.7 Å². The van der Waals surface area contributed by atoms with Crippen molar-refractivity contribution in [2.75, 3.05) is 39.5 Å². The summed E-state index contributed by atoms with van der Waals surface area (Å²) in [5.41, 5.74) is 1.17.